The molecule has 0 fully saturated rings. The number of hydrogen-bond acceptors (Lipinski definition) is 4. The molecule has 88 valence electrons. The molecule has 0 bridgehead atoms. The van der Waals surface area contributed by atoms with Gasteiger partial charge in [0.15, 0.2) is 0 Å². The van der Waals surface area contributed by atoms with Crippen LogP contribution >= 0.6 is 0 Å². The predicted molar refractivity (Wildman–Crippen MR) is 61.2 cm³/mol. The number of anilines is 1. The fourth-order valence-electron chi connectivity index (χ4n) is 1.37. The molecule has 1 aromatic rings. The molecule has 0 saturated carbocycles. The maximum absolute atomic E-state index is 10.2. The van der Waals surface area contributed by atoms with Gasteiger partial charge in [-0.1, -0.05) is 12.8 Å². The molecule has 1 aromatic heterocycles. The van der Waals surface area contributed by atoms with Crippen molar-refractivity contribution in [2.75, 3.05) is 11.9 Å². The number of carboxylic acids is 1. The van der Waals surface area contributed by atoms with Gasteiger partial charge in [-0.2, -0.15) is 0 Å². The average molecular weight is 223 g/mol. The second-order valence-electron chi connectivity index (χ2n) is 3.58. The van der Waals surface area contributed by atoms with Crippen LogP contribution in [0.5, 0.6) is 0 Å². The minimum Gasteiger partial charge on any atom is -0.481 e. The molecule has 0 amide bonds. The van der Waals surface area contributed by atoms with Crippen LogP contribution in [0.15, 0.2) is 18.6 Å². The summed E-state index contributed by atoms with van der Waals surface area (Å²) in [5, 5.41) is 11.6. The van der Waals surface area contributed by atoms with Crippen molar-refractivity contribution in [3.8, 4) is 0 Å². The Morgan fingerprint density at radius 2 is 2.12 bits per heavy atom. The van der Waals surface area contributed by atoms with Crippen LogP contribution in [0.25, 0.3) is 0 Å². The van der Waals surface area contributed by atoms with E-state index in [0.29, 0.717) is 0 Å². The number of rotatable bonds is 8. The van der Waals surface area contributed by atoms with Crippen molar-refractivity contribution in [2.45, 2.75) is 32.1 Å². The molecule has 0 radical (unpaired) electrons. The maximum atomic E-state index is 10.2. The molecular formula is C11H17N3O2. The molecule has 0 aromatic carbocycles. The minimum atomic E-state index is -0.709. The van der Waals surface area contributed by atoms with Gasteiger partial charge in [-0.25, -0.2) is 9.97 Å². The van der Waals surface area contributed by atoms with Crippen LogP contribution in [0, 0.1) is 0 Å². The van der Waals surface area contributed by atoms with Gasteiger partial charge in [-0.3, -0.25) is 4.79 Å². The van der Waals surface area contributed by atoms with Crippen molar-refractivity contribution < 1.29 is 9.90 Å². The van der Waals surface area contributed by atoms with Crippen LogP contribution in [0.4, 0.5) is 5.82 Å². The van der Waals surface area contributed by atoms with Gasteiger partial charge in [0.2, 0.25) is 0 Å². The van der Waals surface area contributed by atoms with E-state index in [0.717, 1.165) is 38.0 Å². The molecule has 0 aliphatic carbocycles. The van der Waals surface area contributed by atoms with E-state index >= 15 is 0 Å². The summed E-state index contributed by atoms with van der Waals surface area (Å²) in [5.41, 5.74) is 0. The highest BCUT2D eigenvalue weighted by atomic mass is 16.4. The topological polar surface area (TPSA) is 75.1 Å². The Morgan fingerprint density at radius 1 is 1.31 bits per heavy atom. The first kappa shape index (κ1) is 12.4. The zero-order valence-electron chi connectivity index (χ0n) is 9.22. The standard InChI is InChI=1S/C11H17N3O2/c15-11(16)5-3-1-2-4-7-13-10-6-8-12-9-14-10/h6,8-9H,1-5,7H2,(H,15,16)(H,12,13,14). The number of aromatic nitrogens is 2. The van der Waals surface area contributed by atoms with Crippen molar-refractivity contribution in [1.29, 1.82) is 0 Å². The first-order valence-electron chi connectivity index (χ1n) is 5.51. The maximum Gasteiger partial charge on any atom is 0.303 e. The molecule has 0 aliphatic heterocycles. The smallest absolute Gasteiger partial charge is 0.303 e. The Bertz CT molecular complexity index is 303. The summed E-state index contributed by atoms with van der Waals surface area (Å²) >= 11 is 0. The average Bonchev–Trinajstić information content (AvgIpc) is 2.29. The van der Waals surface area contributed by atoms with Gasteiger partial charge in [0.1, 0.15) is 12.1 Å². The first-order chi connectivity index (χ1) is 7.79. The zero-order chi connectivity index (χ0) is 11.6. The number of nitrogens with one attached hydrogen (secondary N) is 1. The summed E-state index contributed by atoms with van der Waals surface area (Å²) in [7, 11) is 0. The Balaban J connectivity index is 1.94. The Labute approximate surface area is 94.9 Å². The zero-order valence-corrected chi connectivity index (χ0v) is 9.22. The lowest BCUT2D eigenvalue weighted by Crippen LogP contribution is -2.03. The number of nitrogens with zero attached hydrogens (tertiary/aromatic N) is 2. The van der Waals surface area contributed by atoms with E-state index in [1.807, 2.05) is 6.07 Å². The van der Waals surface area contributed by atoms with Crippen LogP contribution in [0.3, 0.4) is 0 Å². The molecule has 0 saturated heterocycles. The van der Waals surface area contributed by atoms with E-state index in [-0.39, 0.29) is 6.42 Å². The van der Waals surface area contributed by atoms with E-state index in [2.05, 4.69) is 15.3 Å². The molecule has 16 heavy (non-hydrogen) atoms. The summed E-state index contributed by atoms with van der Waals surface area (Å²) in [5.74, 6) is 0.125. The summed E-state index contributed by atoms with van der Waals surface area (Å²) < 4.78 is 0. The first-order valence-corrected chi connectivity index (χ1v) is 5.51. The van der Waals surface area contributed by atoms with Crippen LogP contribution in [0.2, 0.25) is 0 Å². The van der Waals surface area contributed by atoms with Crippen molar-refractivity contribution >= 4 is 11.8 Å². The summed E-state index contributed by atoms with van der Waals surface area (Å²) in [6.07, 6.45) is 7.30. The van der Waals surface area contributed by atoms with Crippen molar-refractivity contribution in [1.82, 2.24) is 9.97 Å². The Morgan fingerprint density at radius 3 is 2.81 bits per heavy atom. The lowest BCUT2D eigenvalue weighted by atomic mass is 10.1. The van der Waals surface area contributed by atoms with Crippen LogP contribution in [0.1, 0.15) is 32.1 Å². The molecule has 0 unspecified atom stereocenters. The molecule has 0 atom stereocenters. The number of aliphatic carboxylic acids is 1. The Hall–Kier alpha value is -1.65. The van der Waals surface area contributed by atoms with Crippen molar-refractivity contribution in [3.05, 3.63) is 18.6 Å². The van der Waals surface area contributed by atoms with E-state index in [1.165, 1.54) is 6.33 Å². The van der Waals surface area contributed by atoms with Crippen LogP contribution in [-0.2, 0) is 4.79 Å². The number of carbonyl (C=O) groups is 1. The van der Waals surface area contributed by atoms with Gasteiger partial charge in [0, 0.05) is 19.2 Å². The van der Waals surface area contributed by atoms with Gasteiger partial charge in [0.05, 0.1) is 0 Å². The third-order valence-corrected chi connectivity index (χ3v) is 2.21. The molecule has 1 heterocycles. The van der Waals surface area contributed by atoms with E-state index in [1.54, 1.807) is 6.20 Å². The number of unbranched alkanes of at least 4 members (excludes halogenated alkanes) is 3. The molecular weight excluding hydrogens is 206 g/mol. The second kappa shape index (κ2) is 7.62. The molecule has 0 spiro atoms. The molecule has 5 heteroatoms. The number of hydrogen-bond donors (Lipinski definition) is 2. The largest absolute Gasteiger partial charge is 0.481 e. The third kappa shape index (κ3) is 5.95. The highest BCUT2D eigenvalue weighted by molar-refractivity contribution is 5.66. The normalized spacial score (nSPS) is 10.0. The van der Waals surface area contributed by atoms with Crippen LogP contribution < -0.4 is 5.32 Å². The third-order valence-electron chi connectivity index (χ3n) is 2.21. The highest BCUT2D eigenvalue weighted by Gasteiger charge is 1.96. The summed E-state index contributed by atoms with van der Waals surface area (Å²) in [6, 6.07) is 1.82. The monoisotopic (exact) mass is 223 g/mol. The van der Waals surface area contributed by atoms with E-state index in [9.17, 15) is 4.79 Å². The summed E-state index contributed by atoms with van der Waals surface area (Å²) in [4.78, 5) is 18.1. The highest BCUT2D eigenvalue weighted by Crippen LogP contribution is 2.04. The lowest BCUT2D eigenvalue weighted by Gasteiger charge is -2.04. The van der Waals surface area contributed by atoms with Gasteiger partial charge in [0.25, 0.3) is 0 Å². The quantitative estimate of drug-likeness (QED) is 0.658. The van der Waals surface area contributed by atoms with E-state index < -0.39 is 5.97 Å². The Kier molecular flexibility index (Phi) is 5.91. The fourth-order valence-corrected chi connectivity index (χ4v) is 1.37. The van der Waals surface area contributed by atoms with Gasteiger partial charge in [-0.15, -0.1) is 0 Å². The van der Waals surface area contributed by atoms with Crippen molar-refractivity contribution in [3.63, 3.8) is 0 Å². The molecule has 1 rings (SSSR count). The minimum absolute atomic E-state index is 0.277. The van der Waals surface area contributed by atoms with Gasteiger partial charge >= 0.3 is 5.97 Å². The lowest BCUT2D eigenvalue weighted by molar-refractivity contribution is -0.137. The molecule has 0 aliphatic rings. The molecule has 2 N–H and O–H groups in total. The second-order valence-corrected chi connectivity index (χ2v) is 3.58. The fraction of sp³-hybridized carbons (Fsp3) is 0.545. The van der Waals surface area contributed by atoms with E-state index in [4.69, 9.17) is 5.11 Å². The van der Waals surface area contributed by atoms with Gasteiger partial charge in [-0.05, 0) is 18.9 Å². The summed E-state index contributed by atoms with van der Waals surface area (Å²) in [6.45, 7) is 0.865. The SMILES string of the molecule is O=C(O)CCCCCCNc1ccncn1. The molecule has 5 nitrogen and oxygen atoms in total. The van der Waals surface area contributed by atoms with Crippen molar-refractivity contribution in [2.24, 2.45) is 0 Å². The van der Waals surface area contributed by atoms with Gasteiger partial charge < -0.3 is 10.4 Å². The van der Waals surface area contributed by atoms with Crippen LogP contribution in [-0.4, -0.2) is 27.6 Å². The number of carboxylic acid groups (broad SMARTS) is 1. The predicted octanol–water partition coefficient (Wildman–Crippen LogP) is 1.92.